The molecule has 2 aromatic rings. The van der Waals surface area contributed by atoms with Crippen LogP contribution in [0, 0.1) is 6.92 Å². The summed E-state index contributed by atoms with van der Waals surface area (Å²) in [6, 6.07) is 15.1. The van der Waals surface area contributed by atoms with E-state index in [4.69, 9.17) is 14.6 Å². The summed E-state index contributed by atoms with van der Waals surface area (Å²) in [5.41, 5.74) is 1.19. The Balaban J connectivity index is 1.84. The van der Waals surface area contributed by atoms with Gasteiger partial charge >= 0.3 is 5.97 Å². The molecule has 0 radical (unpaired) electrons. The first-order chi connectivity index (χ1) is 10.1. The highest BCUT2D eigenvalue weighted by molar-refractivity contribution is 5.66. The molecule has 0 saturated heterocycles. The highest BCUT2D eigenvalue weighted by Gasteiger charge is 2.00. The van der Waals surface area contributed by atoms with E-state index in [0.29, 0.717) is 18.8 Å². The largest absolute Gasteiger partial charge is 0.494 e. The predicted molar refractivity (Wildman–Crippen MR) is 80.1 cm³/mol. The molecule has 1 N–H and O–H groups in total. The quantitative estimate of drug-likeness (QED) is 0.781. The number of ether oxygens (including phenoxy) is 2. The van der Waals surface area contributed by atoms with E-state index < -0.39 is 5.97 Å². The normalized spacial score (nSPS) is 10.1. The van der Waals surface area contributed by atoms with Gasteiger partial charge in [-0.3, -0.25) is 4.79 Å². The van der Waals surface area contributed by atoms with Crippen molar-refractivity contribution >= 4 is 5.97 Å². The standard InChI is InChI=1S/C17H18O4/c1-13-4-6-15(7-5-13)21-16-10-8-14(9-11-16)20-12-2-3-17(18)19/h4-11H,2-3,12H2,1H3,(H,18,19). The van der Waals surface area contributed by atoms with E-state index in [9.17, 15) is 4.79 Å². The van der Waals surface area contributed by atoms with Gasteiger partial charge in [-0.2, -0.15) is 0 Å². The first kappa shape index (κ1) is 14.9. The monoisotopic (exact) mass is 286 g/mol. The SMILES string of the molecule is Cc1ccc(Oc2ccc(OCCCC(=O)O)cc2)cc1. The van der Waals surface area contributed by atoms with Crippen LogP contribution >= 0.6 is 0 Å². The summed E-state index contributed by atoms with van der Waals surface area (Å²) >= 11 is 0. The molecule has 21 heavy (non-hydrogen) atoms. The highest BCUT2D eigenvalue weighted by atomic mass is 16.5. The fraction of sp³-hybridized carbons (Fsp3) is 0.235. The molecule has 2 rings (SSSR count). The number of rotatable bonds is 7. The van der Waals surface area contributed by atoms with Crippen LogP contribution in [0.25, 0.3) is 0 Å². The van der Waals surface area contributed by atoms with Crippen LogP contribution in [0.4, 0.5) is 0 Å². The molecule has 0 unspecified atom stereocenters. The number of benzene rings is 2. The van der Waals surface area contributed by atoms with Gasteiger partial charge in [-0.25, -0.2) is 0 Å². The molecule has 0 spiro atoms. The fourth-order valence-electron chi connectivity index (χ4n) is 1.76. The van der Waals surface area contributed by atoms with Crippen LogP contribution in [-0.2, 0) is 4.79 Å². The summed E-state index contributed by atoms with van der Waals surface area (Å²) in [5.74, 6) is 1.42. The zero-order chi connectivity index (χ0) is 15.1. The molecule has 110 valence electrons. The number of carboxylic acid groups (broad SMARTS) is 1. The van der Waals surface area contributed by atoms with Crippen LogP contribution in [0.1, 0.15) is 18.4 Å². The van der Waals surface area contributed by atoms with Crippen molar-refractivity contribution in [3.8, 4) is 17.2 Å². The minimum Gasteiger partial charge on any atom is -0.494 e. The third-order valence-electron chi connectivity index (χ3n) is 2.88. The second-order valence-electron chi connectivity index (χ2n) is 4.73. The van der Waals surface area contributed by atoms with E-state index in [2.05, 4.69) is 0 Å². The maximum Gasteiger partial charge on any atom is 0.303 e. The van der Waals surface area contributed by atoms with Gasteiger partial charge in [0.05, 0.1) is 6.61 Å². The number of hydrogen-bond acceptors (Lipinski definition) is 3. The van der Waals surface area contributed by atoms with Crippen molar-refractivity contribution in [2.24, 2.45) is 0 Å². The number of hydrogen-bond donors (Lipinski definition) is 1. The first-order valence-corrected chi connectivity index (χ1v) is 6.83. The van der Waals surface area contributed by atoms with E-state index in [0.717, 1.165) is 11.5 Å². The third-order valence-corrected chi connectivity index (χ3v) is 2.88. The molecule has 0 aliphatic rings. The van der Waals surface area contributed by atoms with E-state index in [1.54, 1.807) is 0 Å². The van der Waals surface area contributed by atoms with Crippen molar-refractivity contribution in [2.75, 3.05) is 6.61 Å². The highest BCUT2D eigenvalue weighted by Crippen LogP contribution is 2.24. The van der Waals surface area contributed by atoms with Crippen molar-refractivity contribution < 1.29 is 19.4 Å². The maximum atomic E-state index is 10.4. The van der Waals surface area contributed by atoms with E-state index in [-0.39, 0.29) is 6.42 Å². The number of carbonyl (C=O) groups is 1. The molecule has 0 aromatic heterocycles. The van der Waals surface area contributed by atoms with Gasteiger partial charge in [0.2, 0.25) is 0 Å². The zero-order valence-electron chi connectivity index (χ0n) is 11.9. The molecule has 0 atom stereocenters. The lowest BCUT2D eigenvalue weighted by Crippen LogP contribution is -2.01. The topological polar surface area (TPSA) is 55.8 Å². The van der Waals surface area contributed by atoms with Crippen molar-refractivity contribution in [1.82, 2.24) is 0 Å². The Morgan fingerprint density at radius 1 is 0.952 bits per heavy atom. The van der Waals surface area contributed by atoms with Gasteiger partial charge in [-0.15, -0.1) is 0 Å². The lowest BCUT2D eigenvalue weighted by atomic mass is 10.2. The average Bonchev–Trinajstić information content (AvgIpc) is 2.47. The van der Waals surface area contributed by atoms with Crippen LogP contribution < -0.4 is 9.47 Å². The summed E-state index contributed by atoms with van der Waals surface area (Å²) in [6.45, 7) is 2.42. The smallest absolute Gasteiger partial charge is 0.303 e. The van der Waals surface area contributed by atoms with Gasteiger partial charge in [0.15, 0.2) is 0 Å². The van der Waals surface area contributed by atoms with Gasteiger partial charge in [-0.1, -0.05) is 17.7 Å². The van der Waals surface area contributed by atoms with Crippen LogP contribution in [0.3, 0.4) is 0 Å². The van der Waals surface area contributed by atoms with Gasteiger partial charge in [0, 0.05) is 6.42 Å². The van der Waals surface area contributed by atoms with E-state index in [1.807, 2.05) is 55.5 Å². The lowest BCUT2D eigenvalue weighted by Gasteiger charge is -2.08. The lowest BCUT2D eigenvalue weighted by molar-refractivity contribution is -0.137. The molecule has 0 aliphatic carbocycles. The molecule has 0 bridgehead atoms. The summed E-state index contributed by atoms with van der Waals surface area (Å²) in [7, 11) is 0. The second kappa shape index (κ2) is 7.33. The minimum atomic E-state index is -0.805. The Morgan fingerprint density at radius 3 is 2.05 bits per heavy atom. The Bertz CT molecular complexity index is 573. The summed E-state index contributed by atoms with van der Waals surface area (Å²) in [4.78, 5) is 10.4. The molecule has 4 heteroatoms. The maximum absolute atomic E-state index is 10.4. The van der Waals surface area contributed by atoms with E-state index in [1.165, 1.54) is 5.56 Å². The molecule has 0 heterocycles. The molecule has 0 aliphatic heterocycles. The Kier molecular flexibility index (Phi) is 5.21. The van der Waals surface area contributed by atoms with Gasteiger partial charge in [0.25, 0.3) is 0 Å². The van der Waals surface area contributed by atoms with Gasteiger partial charge in [0.1, 0.15) is 17.2 Å². The van der Waals surface area contributed by atoms with E-state index >= 15 is 0 Å². The number of carboxylic acids is 1. The van der Waals surface area contributed by atoms with Crippen LogP contribution in [-0.4, -0.2) is 17.7 Å². The molecule has 0 fully saturated rings. The average molecular weight is 286 g/mol. The minimum absolute atomic E-state index is 0.120. The van der Waals surface area contributed by atoms with Crippen molar-refractivity contribution in [3.05, 3.63) is 54.1 Å². The van der Waals surface area contributed by atoms with Crippen molar-refractivity contribution in [3.63, 3.8) is 0 Å². The Labute approximate surface area is 123 Å². The number of aliphatic carboxylic acids is 1. The molecule has 4 nitrogen and oxygen atoms in total. The molecular formula is C17H18O4. The van der Waals surface area contributed by atoms with Crippen molar-refractivity contribution in [1.29, 1.82) is 0 Å². The first-order valence-electron chi connectivity index (χ1n) is 6.83. The second-order valence-corrected chi connectivity index (χ2v) is 4.73. The van der Waals surface area contributed by atoms with Crippen molar-refractivity contribution in [2.45, 2.75) is 19.8 Å². The van der Waals surface area contributed by atoms with Crippen LogP contribution in [0.2, 0.25) is 0 Å². The molecule has 2 aromatic carbocycles. The Morgan fingerprint density at radius 2 is 1.48 bits per heavy atom. The molecular weight excluding hydrogens is 268 g/mol. The summed E-state index contributed by atoms with van der Waals surface area (Å²) < 4.78 is 11.2. The fourth-order valence-corrected chi connectivity index (χ4v) is 1.76. The van der Waals surface area contributed by atoms with Crippen LogP contribution in [0.15, 0.2) is 48.5 Å². The van der Waals surface area contributed by atoms with Gasteiger partial charge < -0.3 is 14.6 Å². The molecule has 0 amide bonds. The zero-order valence-corrected chi connectivity index (χ0v) is 11.9. The summed E-state index contributed by atoms with van der Waals surface area (Å²) in [6.07, 6.45) is 0.617. The predicted octanol–water partition coefficient (Wildman–Crippen LogP) is 4.03. The third kappa shape index (κ3) is 5.18. The summed E-state index contributed by atoms with van der Waals surface area (Å²) in [5, 5.41) is 8.53. The Hall–Kier alpha value is -2.49. The number of aryl methyl sites for hydroxylation is 1. The van der Waals surface area contributed by atoms with Gasteiger partial charge in [-0.05, 0) is 49.7 Å². The van der Waals surface area contributed by atoms with Crippen LogP contribution in [0.5, 0.6) is 17.2 Å². The molecule has 0 saturated carbocycles.